The lowest BCUT2D eigenvalue weighted by molar-refractivity contribution is 0.117. The summed E-state index contributed by atoms with van der Waals surface area (Å²) < 4.78 is 7.33. The van der Waals surface area contributed by atoms with Crippen LogP contribution in [0, 0.1) is 11.8 Å². The lowest BCUT2D eigenvalue weighted by Crippen LogP contribution is -2.26. The zero-order chi connectivity index (χ0) is 14.8. The number of hydrogen-bond donors (Lipinski definition) is 0. The van der Waals surface area contributed by atoms with Crippen LogP contribution in [0.25, 0.3) is 10.8 Å². The first-order valence-corrected chi connectivity index (χ1v) is 8.77. The van der Waals surface area contributed by atoms with E-state index >= 15 is 0 Å². The lowest BCUT2D eigenvalue weighted by atomic mass is 9.80. The average Bonchev–Trinajstić information content (AvgIpc) is 2.48. The summed E-state index contributed by atoms with van der Waals surface area (Å²) in [6.45, 7) is 4.68. The van der Waals surface area contributed by atoms with Crippen LogP contribution < -0.4 is 4.74 Å². The maximum absolute atomic E-state index is 6.21. The van der Waals surface area contributed by atoms with Crippen LogP contribution in [0.15, 0.2) is 40.9 Å². The first kappa shape index (κ1) is 14.9. The lowest BCUT2D eigenvalue weighted by Gasteiger charge is -2.31. The molecule has 0 N–H and O–H groups in total. The van der Waals surface area contributed by atoms with E-state index in [4.69, 9.17) is 4.74 Å². The van der Waals surface area contributed by atoms with Crippen molar-refractivity contribution in [3.05, 3.63) is 40.9 Å². The van der Waals surface area contributed by atoms with Gasteiger partial charge in [0, 0.05) is 4.47 Å². The summed E-state index contributed by atoms with van der Waals surface area (Å²) >= 11 is 3.52. The summed E-state index contributed by atoms with van der Waals surface area (Å²) in [6, 6.07) is 12.8. The Morgan fingerprint density at radius 3 is 2.33 bits per heavy atom. The van der Waals surface area contributed by atoms with E-state index in [9.17, 15) is 0 Å². The van der Waals surface area contributed by atoms with Crippen molar-refractivity contribution >= 4 is 26.7 Å². The zero-order valence-corrected chi connectivity index (χ0v) is 14.4. The molecule has 0 unspecified atom stereocenters. The molecule has 1 saturated carbocycles. The van der Waals surface area contributed by atoms with Gasteiger partial charge in [0.05, 0.1) is 6.10 Å². The van der Waals surface area contributed by atoms with Crippen LogP contribution in [0.1, 0.15) is 39.5 Å². The summed E-state index contributed by atoms with van der Waals surface area (Å²) in [5.41, 5.74) is 0. The van der Waals surface area contributed by atoms with Crippen molar-refractivity contribution in [1.82, 2.24) is 0 Å². The zero-order valence-electron chi connectivity index (χ0n) is 12.8. The van der Waals surface area contributed by atoms with E-state index in [-0.39, 0.29) is 0 Å². The van der Waals surface area contributed by atoms with Gasteiger partial charge in [-0.05, 0) is 72.6 Å². The van der Waals surface area contributed by atoms with Crippen molar-refractivity contribution in [2.75, 3.05) is 0 Å². The van der Waals surface area contributed by atoms with Crippen LogP contribution in [0.3, 0.4) is 0 Å². The number of hydrogen-bond acceptors (Lipinski definition) is 1. The van der Waals surface area contributed by atoms with Gasteiger partial charge in [-0.25, -0.2) is 0 Å². The van der Waals surface area contributed by atoms with Crippen molar-refractivity contribution in [1.29, 1.82) is 0 Å². The van der Waals surface area contributed by atoms with Crippen LogP contribution in [0.5, 0.6) is 5.75 Å². The highest BCUT2D eigenvalue weighted by Crippen LogP contribution is 2.32. The Labute approximate surface area is 135 Å². The van der Waals surface area contributed by atoms with Crippen molar-refractivity contribution < 1.29 is 4.74 Å². The van der Waals surface area contributed by atoms with Crippen LogP contribution in [-0.4, -0.2) is 6.10 Å². The molecule has 1 aliphatic carbocycles. The Morgan fingerprint density at radius 1 is 0.952 bits per heavy atom. The summed E-state index contributed by atoms with van der Waals surface area (Å²) in [7, 11) is 0. The molecule has 0 aliphatic heterocycles. The normalized spacial score (nSPS) is 22.7. The van der Waals surface area contributed by atoms with E-state index in [1.165, 1.54) is 36.5 Å². The molecule has 0 aromatic heterocycles. The Bertz CT molecular complexity index is 612. The van der Waals surface area contributed by atoms with E-state index in [1.54, 1.807) is 0 Å². The predicted molar refractivity (Wildman–Crippen MR) is 92.9 cm³/mol. The molecule has 1 nitrogen and oxygen atoms in total. The third-order valence-electron chi connectivity index (χ3n) is 4.74. The Morgan fingerprint density at radius 2 is 1.62 bits per heavy atom. The topological polar surface area (TPSA) is 9.23 Å². The molecule has 1 aliphatic rings. The van der Waals surface area contributed by atoms with E-state index < -0.39 is 0 Å². The van der Waals surface area contributed by atoms with Crippen molar-refractivity contribution in [3.8, 4) is 5.75 Å². The smallest absolute Gasteiger partial charge is 0.120 e. The van der Waals surface area contributed by atoms with Crippen LogP contribution >= 0.6 is 15.9 Å². The number of benzene rings is 2. The fourth-order valence-electron chi connectivity index (χ4n) is 3.33. The number of fused-ring (bicyclic) bond motifs is 1. The molecular formula is C19H23BrO. The van der Waals surface area contributed by atoms with E-state index in [2.05, 4.69) is 66.2 Å². The molecule has 2 aromatic rings. The Hall–Kier alpha value is -1.02. The quantitative estimate of drug-likeness (QED) is 0.643. The highest BCUT2D eigenvalue weighted by Gasteiger charge is 2.24. The Balaban J connectivity index is 1.67. The molecular weight excluding hydrogens is 324 g/mol. The van der Waals surface area contributed by atoms with Gasteiger partial charge in [0.1, 0.15) is 5.75 Å². The van der Waals surface area contributed by atoms with Crippen molar-refractivity contribution in [2.24, 2.45) is 11.8 Å². The average molecular weight is 347 g/mol. The first-order valence-electron chi connectivity index (χ1n) is 7.98. The van der Waals surface area contributed by atoms with Gasteiger partial charge in [0.25, 0.3) is 0 Å². The second-order valence-electron chi connectivity index (χ2n) is 6.55. The summed E-state index contributed by atoms with van der Waals surface area (Å²) in [4.78, 5) is 0. The van der Waals surface area contributed by atoms with E-state index in [1.807, 2.05) is 0 Å². The molecule has 2 aromatic carbocycles. The van der Waals surface area contributed by atoms with Crippen molar-refractivity contribution in [2.45, 2.75) is 45.6 Å². The van der Waals surface area contributed by atoms with Gasteiger partial charge in [0.2, 0.25) is 0 Å². The minimum absolute atomic E-state index is 0.396. The fraction of sp³-hybridized carbons (Fsp3) is 0.474. The molecule has 0 amide bonds. The van der Waals surface area contributed by atoms with Gasteiger partial charge < -0.3 is 4.74 Å². The van der Waals surface area contributed by atoms with Crippen LogP contribution in [0.2, 0.25) is 0 Å². The second-order valence-corrected chi connectivity index (χ2v) is 7.47. The highest BCUT2D eigenvalue weighted by molar-refractivity contribution is 9.10. The van der Waals surface area contributed by atoms with Crippen LogP contribution in [0.4, 0.5) is 0 Å². The third-order valence-corrected chi connectivity index (χ3v) is 5.23. The highest BCUT2D eigenvalue weighted by atomic mass is 79.9. The molecule has 112 valence electrons. The molecule has 0 bridgehead atoms. The molecule has 1 fully saturated rings. The van der Waals surface area contributed by atoms with Crippen molar-refractivity contribution in [3.63, 3.8) is 0 Å². The van der Waals surface area contributed by atoms with E-state index in [0.717, 1.165) is 22.1 Å². The summed E-state index contributed by atoms with van der Waals surface area (Å²) in [5, 5.41) is 2.49. The molecule has 0 heterocycles. The molecule has 3 rings (SSSR count). The number of halogens is 1. The third kappa shape index (κ3) is 3.60. The number of rotatable bonds is 3. The standard InChI is InChI=1S/C19H23BrO/c1-13(2)14-4-8-18(9-5-14)21-19-10-6-15-11-17(20)7-3-16(15)12-19/h3,6-7,10-14,18H,4-5,8-9H2,1-2H3. The van der Waals surface area contributed by atoms with Gasteiger partial charge in [-0.15, -0.1) is 0 Å². The maximum Gasteiger partial charge on any atom is 0.120 e. The summed E-state index contributed by atoms with van der Waals surface area (Å²) in [6.07, 6.45) is 5.40. The second kappa shape index (κ2) is 6.39. The van der Waals surface area contributed by atoms with Gasteiger partial charge in [-0.1, -0.05) is 41.9 Å². The molecule has 0 atom stereocenters. The monoisotopic (exact) mass is 346 g/mol. The van der Waals surface area contributed by atoms with E-state index in [0.29, 0.717) is 6.10 Å². The number of ether oxygens (including phenoxy) is 1. The molecule has 0 radical (unpaired) electrons. The molecule has 0 saturated heterocycles. The molecule has 21 heavy (non-hydrogen) atoms. The molecule has 0 spiro atoms. The SMILES string of the molecule is CC(C)C1CCC(Oc2ccc3cc(Br)ccc3c2)CC1. The Kier molecular flexibility index (Phi) is 4.54. The fourth-order valence-corrected chi connectivity index (χ4v) is 3.71. The van der Waals surface area contributed by atoms with Gasteiger partial charge in [-0.3, -0.25) is 0 Å². The molecule has 2 heteroatoms. The largest absolute Gasteiger partial charge is 0.490 e. The van der Waals surface area contributed by atoms with Gasteiger partial charge >= 0.3 is 0 Å². The maximum atomic E-state index is 6.21. The minimum Gasteiger partial charge on any atom is -0.490 e. The van der Waals surface area contributed by atoms with Crippen LogP contribution in [-0.2, 0) is 0 Å². The first-order chi connectivity index (χ1) is 10.1. The minimum atomic E-state index is 0.396. The summed E-state index contributed by atoms with van der Waals surface area (Å²) in [5.74, 6) is 2.71. The predicted octanol–water partition coefficient (Wildman–Crippen LogP) is 6.20. The van der Waals surface area contributed by atoms with Gasteiger partial charge in [-0.2, -0.15) is 0 Å². The van der Waals surface area contributed by atoms with Gasteiger partial charge in [0.15, 0.2) is 0 Å².